The minimum absolute atomic E-state index is 0. The molecule has 1 aromatic heterocycles. The van der Waals surface area contributed by atoms with Gasteiger partial charge in [-0.05, 0) is 59.1 Å². The van der Waals surface area contributed by atoms with E-state index >= 15 is 0 Å². The Kier molecular flexibility index (Phi) is 11.1. The SMILES string of the molecule is Cl.Cl.O=C(Cc1nccn1-c1ccc2ccccc2c1)Nc1ccc(CCNC[C@H](O)c2ccccc2)cc1. The molecule has 0 saturated heterocycles. The van der Waals surface area contributed by atoms with E-state index in [2.05, 4.69) is 39.9 Å². The van der Waals surface area contributed by atoms with Crippen LogP contribution in [0.1, 0.15) is 23.1 Å². The number of halogens is 2. The summed E-state index contributed by atoms with van der Waals surface area (Å²) in [5.41, 5.74) is 3.81. The van der Waals surface area contributed by atoms with Crippen molar-refractivity contribution in [2.24, 2.45) is 0 Å². The lowest BCUT2D eigenvalue weighted by Gasteiger charge is -2.12. The zero-order valence-corrected chi connectivity index (χ0v) is 23.0. The van der Waals surface area contributed by atoms with Gasteiger partial charge < -0.3 is 20.3 Å². The van der Waals surface area contributed by atoms with Crippen molar-refractivity contribution < 1.29 is 9.90 Å². The molecule has 1 heterocycles. The number of anilines is 1. The first-order chi connectivity index (χ1) is 18.2. The Morgan fingerprint density at radius 3 is 2.36 bits per heavy atom. The molecular formula is C31H32Cl2N4O2. The Bertz CT molecular complexity index is 1470. The molecular weight excluding hydrogens is 531 g/mol. The molecule has 4 aromatic carbocycles. The summed E-state index contributed by atoms with van der Waals surface area (Å²) in [6.45, 7) is 1.26. The van der Waals surface area contributed by atoms with E-state index in [1.54, 1.807) is 6.20 Å². The quantitative estimate of drug-likeness (QED) is 0.185. The van der Waals surface area contributed by atoms with Crippen molar-refractivity contribution in [3.63, 3.8) is 0 Å². The van der Waals surface area contributed by atoms with Crippen LogP contribution in [0.25, 0.3) is 16.5 Å². The molecule has 0 aliphatic carbocycles. The van der Waals surface area contributed by atoms with Crippen LogP contribution in [-0.4, -0.2) is 33.7 Å². The van der Waals surface area contributed by atoms with Crippen molar-refractivity contribution in [3.8, 4) is 5.69 Å². The van der Waals surface area contributed by atoms with Crippen LogP contribution in [0.15, 0.2) is 109 Å². The van der Waals surface area contributed by atoms with E-state index in [1.807, 2.05) is 83.6 Å². The number of benzene rings is 4. The van der Waals surface area contributed by atoms with Crippen molar-refractivity contribution in [1.29, 1.82) is 0 Å². The molecule has 5 aromatic rings. The second-order valence-corrected chi connectivity index (χ2v) is 9.05. The molecule has 0 aliphatic rings. The zero-order chi connectivity index (χ0) is 25.5. The molecule has 6 nitrogen and oxygen atoms in total. The zero-order valence-electron chi connectivity index (χ0n) is 21.4. The molecule has 0 unspecified atom stereocenters. The van der Waals surface area contributed by atoms with Crippen LogP contribution in [0, 0.1) is 0 Å². The third-order valence-electron chi connectivity index (χ3n) is 6.40. The van der Waals surface area contributed by atoms with Crippen LogP contribution in [0.5, 0.6) is 0 Å². The van der Waals surface area contributed by atoms with Gasteiger partial charge in [0.1, 0.15) is 5.82 Å². The molecule has 0 spiro atoms. The summed E-state index contributed by atoms with van der Waals surface area (Å²) in [6, 6.07) is 32.0. The van der Waals surface area contributed by atoms with E-state index in [0.29, 0.717) is 12.4 Å². The van der Waals surface area contributed by atoms with E-state index in [9.17, 15) is 9.90 Å². The lowest BCUT2D eigenvalue weighted by atomic mass is 10.1. The maximum absolute atomic E-state index is 12.8. The summed E-state index contributed by atoms with van der Waals surface area (Å²) < 4.78 is 1.96. The van der Waals surface area contributed by atoms with Crippen LogP contribution in [-0.2, 0) is 17.6 Å². The highest BCUT2D eigenvalue weighted by atomic mass is 35.5. The first kappa shape index (κ1) is 29.9. The Labute approximate surface area is 240 Å². The molecule has 0 saturated carbocycles. The van der Waals surface area contributed by atoms with E-state index in [4.69, 9.17) is 0 Å². The normalized spacial score (nSPS) is 11.3. The molecule has 1 atom stereocenters. The summed E-state index contributed by atoms with van der Waals surface area (Å²) in [5.74, 6) is 0.575. The van der Waals surface area contributed by atoms with Crippen LogP contribution in [0.4, 0.5) is 5.69 Å². The third-order valence-corrected chi connectivity index (χ3v) is 6.40. The molecule has 0 aliphatic heterocycles. The number of fused-ring (bicyclic) bond motifs is 1. The molecule has 5 rings (SSSR count). The van der Waals surface area contributed by atoms with Gasteiger partial charge in [0, 0.05) is 30.3 Å². The largest absolute Gasteiger partial charge is 0.387 e. The fraction of sp³-hybridized carbons (Fsp3) is 0.161. The number of hydrogen-bond acceptors (Lipinski definition) is 4. The average molecular weight is 564 g/mol. The highest BCUT2D eigenvalue weighted by Crippen LogP contribution is 2.20. The number of imidazole rings is 1. The van der Waals surface area contributed by atoms with Gasteiger partial charge in [-0.2, -0.15) is 0 Å². The van der Waals surface area contributed by atoms with Crippen LogP contribution >= 0.6 is 24.8 Å². The van der Waals surface area contributed by atoms with Crippen molar-refractivity contribution in [1.82, 2.24) is 14.9 Å². The Morgan fingerprint density at radius 2 is 1.59 bits per heavy atom. The summed E-state index contributed by atoms with van der Waals surface area (Å²) >= 11 is 0. The molecule has 1 amide bonds. The molecule has 0 radical (unpaired) electrons. The predicted molar refractivity (Wildman–Crippen MR) is 162 cm³/mol. The predicted octanol–water partition coefficient (Wildman–Crippen LogP) is 5.92. The molecule has 202 valence electrons. The van der Waals surface area contributed by atoms with E-state index in [-0.39, 0.29) is 37.1 Å². The Morgan fingerprint density at radius 1 is 0.872 bits per heavy atom. The molecule has 3 N–H and O–H groups in total. The lowest BCUT2D eigenvalue weighted by Crippen LogP contribution is -2.23. The van der Waals surface area contributed by atoms with Gasteiger partial charge >= 0.3 is 0 Å². The van der Waals surface area contributed by atoms with Gasteiger partial charge in [0.25, 0.3) is 0 Å². The van der Waals surface area contributed by atoms with E-state index < -0.39 is 6.10 Å². The van der Waals surface area contributed by atoms with Crippen LogP contribution in [0.3, 0.4) is 0 Å². The summed E-state index contributed by atoms with van der Waals surface area (Å²) in [5, 5.41) is 18.8. The second-order valence-electron chi connectivity index (χ2n) is 9.05. The number of carbonyl (C=O) groups is 1. The summed E-state index contributed by atoms with van der Waals surface area (Å²) in [4.78, 5) is 17.2. The smallest absolute Gasteiger partial charge is 0.231 e. The van der Waals surface area contributed by atoms with Crippen LogP contribution < -0.4 is 10.6 Å². The highest BCUT2D eigenvalue weighted by molar-refractivity contribution is 5.92. The minimum Gasteiger partial charge on any atom is -0.387 e. The lowest BCUT2D eigenvalue weighted by molar-refractivity contribution is -0.115. The second kappa shape index (κ2) is 14.5. The van der Waals surface area contributed by atoms with Gasteiger partial charge in [0.2, 0.25) is 5.91 Å². The van der Waals surface area contributed by atoms with Crippen LogP contribution in [0.2, 0.25) is 0 Å². The fourth-order valence-electron chi connectivity index (χ4n) is 4.39. The van der Waals surface area contributed by atoms with Gasteiger partial charge in [-0.15, -0.1) is 24.8 Å². The average Bonchev–Trinajstić information content (AvgIpc) is 3.40. The first-order valence-electron chi connectivity index (χ1n) is 12.5. The number of aromatic nitrogens is 2. The number of carbonyl (C=O) groups excluding carboxylic acids is 1. The number of nitrogens with zero attached hydrogens (tertiary/aromatic N) is 2. The molecule has 8 heteroatoms. The number of rotatable bonds is 10. The van der Waals surface area contributed by atoms with Crippen molar-refractivity contribution >= 4 is 47.2 Å². The topological polar surface area (TPSA) is 79.2 Å². The summed E-state index contributed by atoms with van der Waals surface area (Å²) in [6.07, 6.45) is 4.10. The van der Waals surface area contributed by atoms with Gasteiger partial charge in [-0.1, -0.05) is 72.8 Å². The number of aliphatic hydroxyl groups excluding tert-OH is 1. The number of hydrogen-bond donors (Lipinski definition) is 3. The standard InChI is InChI=1S/C31H30N4O2.2ClH/c36-29(25-7-2-1-3-8-25)22-32-17-16-23-10-13-27(14-11-23)34-31(37)21-30-33-18-19-35(30)28-15-12-24-6-4-5-9-26(24)20-28;;/h1-15,18-20,29,32,36H,16-17,21-22H2,(H,34,37);2*1H/t29-;;/m0../s1. The Balaban J connectivity index is 0.00000210. The summed E-state index contributed by atoms with van der Waals surface area (Å²) in [7, 11) is 0. The maximum Gasteiger partial charge on any atom is 0.231 e. The van der Waals surface area contributed by atoms with Gasteiger partial charge in [0.15, 0.2) is 0 Å². The molecule has 0 fully saturated rings. The fourth-order valence-corrected chi connectivity index (χ4v) is 4.39. The number of nitrogens with one attached hydrogen (secondary N) is 2. The van der Waals surface area contributed by atoms with Crippen molar-refractivity contribution in [2.45, 2.75) is 18.9 Å². The molecule has 39 heavy (non-hydrogen) atoms. The number of amides is 1. The van der Waals surface area contributed by atoms with Crippen molar-refractivity contribution in [2.75, 3.05) is 18.4 Å². The van der Waals surface area contributed by atoms with E-state index in [0.717, 1.165) is 40.9 Å². The maximum atomic E-state index is 12.8. The van der Waals surface area contributed by atoms with Gasteiger partial charge in [-0.25, -0.2) is 4.98 Å². The third kappa shape index (κ3) is 7.91. The highest BCUT2D eigenvalue weighted by Gasteiger charge is 2.12. The monoisotopic (exact) mass is 562 g/mol. The van der Waals surface area contributed by atoms with E-state index in [1.165, 1.54) is 5.39 Å². The molecule has 0 bridgehead atoms. The first-order valence-corrected chi connectivity index (χ1v) is 12.5. The van der Waals surface area contributed by atoms with Crippen molar-refractivity contribution in [3.05, 3.63) is 126 Å². The Hall–Kier alpha value is -3.68. The van der Waals surface area contributed by atoms with Gasteiger partial charge in [-0.3, -0.25) is 4.79 Å². The van der Waals surface area contributed by atoms with Gasteiger partial charge in [0.05, 0.1) is 12.5 Å². The minimum atomic E-state index is -0.518. The number of aliphatic hydroxyl groups is 1.